The Morgan fingerprint density at radius 1 is 1.20 bits per heavy atom. The van der Waals surface area contributed by atoms with Crippen molar-refractivity contribution in [2.75, 3.05) is 40.3 Å². The first kappa shape index (κ1) is 20.3. The normalized spacial score (nSPS) is 17.3. The number of carbonyl (C=O) groups is 2. The van der Waals surface area contributed by atoms with Gasteiger partial charge in [0.2, 0.25) is 5.91 Å². The Bertz CT molecular complexity index is 924. The zero-order chi connectivity index (χ0) is 21.1. The molecule has 1 fully saturated rings. The molecule has 2 aliphatic heterocycles. The molecule has 8 heteroatoms. The minimum absolute atomic E-state index is 0.00177. The Hall–Kier alpha value is -3.00. The van der Waals surface area contributed by atoms with Crippen LogP contribution in [0.2, 0.25) is 0 Å². The Labute approximate surface area is 176 Å². The molecule has 2 aliphatic rings. The maximum absolute atomic E-state index is 12.5. The third-order valence-electron chi connectivity index (χ3n) is 5.80. The first-order chi connectivity index (χ1) is 14.5. The molecule has 0 bridgehead atoms. The van der Waals surface area contributed by atoms with Crippen molar-refractivity contribution in [3.63, 3.8) is 0 Å². The molecular formula is C22H27N5O3. The molecule has 2 aromatic rings. The second kappa shape index (κ2) is 8.39. The van der Waals surface area contributed by atoms with Crippen LogP contribution in [0.3, 0.4) is 0 Å². The number of fused-ring (bicyclic) bond motifs is 2. The van der Waals surface area contributed by atoms with Gasteiger partial charge in [-0.25, -0.2) is 14.8 Å². The number of nitrogens with zero attached hydrogens (tertiary/aromatic N) is 4. The van der Waals surface area contributed by atoms with Gasteiger partial charge in [-0.2, -0.15) is 0 Å². The van der Waals surface area contributed by atoms with Gasteiger partial charge in [-0.3, -0.25) is 4.79 Å². The largest absolute Gasteiger partial charge is 0.368 e. The summed E-state index contributed by atoms with van der Waals surface area (Å²) in [6.45, 7) is 1.78. The van der Waals surface area contributed by atoms with Crippen molar-refractivity contribution in [3.8, 4) is 11.4 Å². The molecule has 1 aromatic carbocycles. The second-order valence-electron chi connectivity index (χ2n) is 7.96. The molecule has 158 valence electrons. The molecular weight excluding hydrogens is 382 g/mol. The summed E-state index contributed by atoms with van der Waals surface area (Å²) in [5, 5.41) is 2.64. The van der Waals surface area contributed by atoms with Crippen LogP contribution in [0.4, 0.5) is 4.79 Å². The summed E-state index contributed by atoms with van der Waals surface area (Å²) in [6, 6.07) is 9.65. The Kier molecular flexibility index (Phi) is 5.67. The zero-order valence-electron chi connectivity index (χ0n) is 17.4. The van der Waals surface area contributed by atoms with Crippen molar-refractivity contribution in [2.24, 2.45) is 0 Å². The van der Waals surface area contributed by atoms with Crippen LogP contribution in [0.5, 0.6) is 0 Å². The summed E-state index contributed by atoms with van der Waals surface area (Å²) < 4.78 is 6.28. The molecule has 1 spiro atoms. The van der Waals surface area contributed by atoms with Crippen molar-refractivity contribution in [1.82, 2.24) is 25.1 Å². The lowest BCUT2D eigenvalue weighted by Gasteiger charge is -2.44. The fourth-order valence-corrected chi connectivity index (χ4v) is 4.05. The first-order valence-electron chi connectivity index (χ1n) is 10.3. The van der Waals surface area contributed by atoms with Crippen molar-refractivity contribution < 1.29 is 14.3 Å². The number of nitrogens with one attached hydrogen (secondary N) is 1. The number of benzene rings is 1. The molecule has 4 rings (SSSR count). The Morgan fingerprint density at radius 2 is 1.93 bits per heavy atom. The minimum Gasteiger partial charge on any atom is -0.368 e. The summed E-state index contributed by atoms with van der Waals surface area (Å²) >= 11 is 0. The van der Waals surface area contributed by atoms with Gasteiger partial charge >= 0.3 is 6.03 Å². The van der Waals surface area contributed by atoms with E-state index in [1.165, 1.54) is 4.90 Å². The van der Waals surface area contributed by atoms with Crippen LogP contribution in [-0.2, 0) is 21.6 Å². The van der Waals surface area contributed by atoms with Gasteiger partial charge in [0.15, 0.2) is 5.82 Å². The van der Waals surface area contributed by atoms with E-state index in [9.17, 15) is 9.59 Å². The number of ether oxygens (including phenoxy) is 1. The number of hydrogen-bond acceptors (Lipinski definition) is 5. The molecule has 0 atom stereocenters. The van der Waals surface area contributed by atoms with Gasteiger partial charge in [0.05, 0.1) is 18.8 Å². The lowest BCUT2D eigenvalue weighted by molar-refractivity contribution is -0.140. The van der Waals surface area contributed by atoms with Crippen LogP contribution in [0.25, 0.3) is 11.4 Å². The lowest BCUT2D eigenvalue weighted by atomic mass is 9.83. The summed E-state index contributed by atoms with van der Waals surface area (Å²) in [7, 11) is 3.29. The van der Waals surface area contributed by atoms with Crippen molar-refractivity contribution >= 4 is 11.9 Å². The van der Waals surface area contributed by atoms with Gasteiger partial charge in [-0.15, -0.1) is 0 Å². The number of piperidine rings is 1. The minimum atomic E-state index is -0.482. The molecule has 0 saturated carbocycles. The average Bonchev–Trinajstić information content (AvgIpc) is 2.78. The van der Waals surface area contributed by atoms with Crippen LogP contribution in [0.15, 0.2) is 36.5 Å². The van der Waals surface area contributed by atoms with Gasteiger partial charge in [-0.05, 0) is 24.8 Å². The molecule has 1 saturated heterocycles. The summed E-state index contributed by atoms with van der Waals surface area (Å²) in [5.41, 5.74) is 2.57. The highest BCUT2D eigenvalue weighted by atomic mass is 16.5. The molecule has 0 unspecified atom stereocenters. The maximum Gasteiger partial charge on any atom is 0.317 e. The van der Waals surface area contributed by atoms with Crippen molar-refractivity contribution in [2.45, 2.75) is 24.9 Å². The number of amides is 3. The molecule has 0 radical (unpaired) electrons. The lowest BCUT2D eigenvalue weighted by Crippen LogP contribution is -2.51. The van der Waals surface area contributed by atoms with Crippen molar-refractivity contribution in [1.29, 1.82) is 0 Å². The molecule has 30 heavy (non-hydrogen) atoms. The van der Waals surface area contributed by atoms with Gasteiger partial charge < -0.3 is 19.9 Å². The van der Waals surface area contributed by atoms with Crippen LogP contribution in [-0.4, -0.2) is 72.0 Å². The molecule has 8 nitrogen and oxygen atoms in total. The first-order valence-corrected chi connectivity index (χ1v) is 10.3. The van der Waals surface area contributed by atoms with E-state index in [4.69, 9.17) is 9.72 Å². The topological polar surface area (TPSA) is 87.7 Å². The van der Waals surface area contributed by atoms with Crippen molar-refractivity contribution in [3.05, 3.63) is 47.8 Å². The van der Waals surface area contributed by atoms with E-state index in [1.807, 2.05) is 36.5 Å². The average molecular weight is 409 g/mol. The predicted octanol–water partition coefficient (Wildman–Crippen LogP) is 1.81. The van der Waals surface area contributed by atoms with Gasteiger partial charge in [0.1, 0.15) is 5.60 Å². The molecule has 3 heterocycles. The Morgan fingerprint density at radius 3 is 2.63 bits per heavy atom. The van der Waals surface area contributed by atoms with E-state index >= 15 is 0 Å². The van der Waals surface area contributed by atoms with Crippen LogP contribution in [0, 0.1) is 0 Å². The van der Waals surface area contributed by atoms with Crippen LogP contribution >= 0.6 is 0 Å². The fourth-order valence-electron chi connectivity index (χ4n) is 4.05. The highest BCUT2D eigenvalue weighted by Gasteiger charge is 2.43. The number of likely N-dealkylation sites (tertiary alicyclic amines) is 1. The molecule has 1 aromatic heterocycles. The number of rotatable bonds is 3. The SMILES string of the molecule is CN(C)C(=O)NCC(=O)N1CCC2(CC1)OCCc1cnc(-c3ccccc3)nc12. The third-order valence-corrected chi connectivity index (χ3v) is 5.80. The van der Waals surface area contributed by atoms with Gasteiger partial charge in [-0.1, -0.05) is 30.3 Å². The summed E-state index contributed by atoms with van der Waals surface area (Å²) in [6.07, 6.45) is 4.08. The maximum atomic E-state index is 12.5. The monoisotopic (exact) mass is 409 g/mol. The second-order valence-corrected chi connectivity index (χ2v) is 7.96. The fraction of sp³-hybridized carbons (Fsp3) is 0.455. The highest BCUT2D eigenvalue weighted by molar-refractivity contribution is 5.83. The van der Waals surface area contributed by atoms with E-state index in [-0.39, 0.29) is 18.5 Å². The van der Waals surface area contributed by atoms with Crippen LogP contribution in [0.1, 0.15) is 24.1 Å². The molecule has 0 aliphatic carbocycles. The van der Waals surface area contributed by atoms with E-state index in [0.717, 1.165) is 23.2 Å². The summed E-state index contributed by atoms with van der Waals surface area (Å²) in [4.78, 5) is 36.8. The van der Waals surface area contributed by atoms with Gasteiger partial charge in [0.25, 0.3) is 0 Å². The van der Waals surface area contributed by atoms with Gasteiger partial charge in [0, 0.05) is 38.9 Å². The number of carbonyl (C=O) groups excluding carboxylic acids is 2. The number of aromatic nitrogens is 2. The van der Waals surface area contributed by atoms with E-state index in [1.54, 1.807) is 19.0 Å². The standard InChI is InChI=1S/C22H27N5O3/c1-26(2)21(29)24-15-18(28)27-11-9-22(10-12-27)19-17(8-13-30-22)14-23-20(25-19)16-6-4-3-5-7-16/h3-7,14H,8-13,15H2,1-2H3,(H,24,29). The summed E-state index contributed by atoms with van der Waals surface area (Å²) in [5.74, 6) is 0.618. The third kappa shape index (κ3) is 4.00. The number of hydrogen-bond donors (Lipinski definition) is 1. The quantitative estimate of drug-likeness (QED) is 0.835. The molecule has 1 N–H and O–H groups in total. The zero-order valence-corrected chi connectivity index (χ0v) is 17.4. The number of urea groups is 1. The smallest absolute Gasteiger partial charge is 0.317 e. The van der Waals surface area contributed by atoms with E-state index < -0.39 is 5.60 Å². The van der Waals surface area contributed by atoms with E-state index in [0.29, 0.717) is 38.4 Å². The molecule has 3 amide bonds. The van der Waals surface area contributed by atoms with Crippen LogP contribution < -0.4 is 5.32 Å². The van der Waals surface area contributed by atoms with E-state index in [2.05, 4.69) is 10.3 Å². The highest BCUT2D eigenvalue weighted by Crippen LogP contribution is 2.40. The predicted molar refractivity (Wildman–Crippen MR) is 112 cm³/mol. The Balaban J connectivity index is 1.48.